The lowest BCUT2D eigenvalue weighted by Gasteiger charge is -2.27. The van der Waals surface area contributed by atoms with Crippen molar-refractivity contribution in [2.45, 2.75) is 64.1 Å². The molecule has 0 bridgehead atoms. The van der Waals surface area contributed by atoms with Crippen molar-refractivity contribution in [2.75, 3.05) is 20.2 Å². The van der Waals surface area contributed by atoms with Crippen LogP contribution in [-0.2, 0) is 13.0 Å². The lowest BCUT2D eigenvalue weighted by Crippen LogP contribution is -2.39. The summed E-state index contributed by atoms with van der Waals surface area (Å²) in [5, 5.41) is 13.4. The molecular weight excluding hydrogens is 502 g/mol. The summed E-state index contributed by atoms with van der Waals surface area (Å²) >= 11 is 0.809. The Morgan fingerprint density at radius 1 is 1.32 bits per heavy atom. The maximum Gasteiger partial charge on any atom is 0.309 e. The quantitative estimate of drug-likeness (QED) is 0.403. The van der Waals surface area contributed by atoms with Gasteiger partial charge in [-0.05, 0) is 60.2 Å². The number of carbonyl (C=O) groups excluding carboxylic acids is 1. The molecule has 0 radical (unpaired) electrons. The number of fused-ring (bicyclic) bond motifs is 1. The van der Waals surface area contributed by atoms with Gasteiger partial charge >= 0.3 is 5.92 Å². The highest BCUT2D eigenvalue weighted by Gasteiger charge is 2.49. The highest BCUT2D eigenvalue weighted by Crippen LogP contribution is 2.49. The Morgan fingerprint density at radius 2 is 2.03 bits per heavy atom. The number of ether oxygens (including phenoxy) is 1. The molecular formula is C26H34F2N4O4S. The number of amides is 1. The number of hydrogen-bond donors (Lipinski definition) is 3. The van der Waals surface area contributed by atoms with Crippen LogP contribution in [0.2, 0.25) is 0 Å². The molecule has 0 aliphatic carbocycles. The number of H-pyrrole nitrogens is 1. The lowest BCUT2D eigenvalue weighted by atomic mass is 9.99. The molecule has 3 aromatic heterocycles. The second-order valence-electron chi connectivity index (χ2n) is 10.6. The molecule has 4 rings (SSSR count). The van der Waals surface area contributed by atoms with Gasteiger partial charge in [0.15, 0.2) is 0 Å². The van der Waals surface area contributed by atoms with Crippen LogP contribution in [0, 0.1) is 0 Å². The van der Waals surface area contributed by atoms with Crippen molar-refractivity contribution >= 4 is 28.1 Å². The molecule has 1 fully saturated rings. The van der Waals surface area contributed by atoms with E-state index in [4.69, 9.17) is 4.74 Å². The normalized spacial score (nSPS) is 17.2. The zero-order chi connectivity index (χ0) is 27.3. The number of halogens is 2. The Labute approximate surface area is 218 Å². The summed E-state index contributed by atoms with van der Waals surface area (Å²) in [5.74, 6) is -3.67. The topological polar surface area (TPSA) is 99.6 Å². The molecule has 4 heterocycles. The Bertz CT molecular complexity index is 1370. The second kappa shape index (κ2) is 9.85. The number of pyridine rings is 1. The third-order valence-electron chi connectivity index (χ3n) is 6.75. The Hall–Kier alpha value is -2.76. The van der Waals surface area contributed by atoms with Crippen LogP contribution in [0.3, 0.4) is 0 Å². The van der Waals surface area contributed by atoms with Crippen LogP contribution in [0.4, 0.5) is 8.78 Å². The minimum atomic E-state index is -3.54. The fourth-order valence-corrected chi connectivity index (χ4v) is 5.73. The van der Waals surface area contributed by atoms with Gasteiger partial charge in [-0.1, -0.05) is 0 Å². The molecule has 1 aliphatic heterocycles. The van der Waals surface area contributed by atoms with Gasteiger partial charge in [0.2, 0.25) is 0 Å². The van der Waals surface area contributed by atoms with Crippen molar-refractivity contribution in [1.29, 1.82) is 0 Å². The predicted octanol–water partition coefficient (Wildman–Crippen LogP) is 4.07. The molecule has 1 atom stereocenters. The molecule has 11 heteroatoms. The van der Waals surface area contributed by atoms with Gasteiger partial charge < -0.3 is 29.6 Å². The van der Waals surface area contributed by atoms with Gasteiger partial charge in [-0.25, -0.2) is 0 Å². The molecule has 1 unspecified atom stereocenters. The molecule has 3 N–H and O–H groups in total. The zero-order valence-corrected chi connectivity index (χ0v) is 22.8. The Morgan fingerprint density at radius 3 is 2.62 bits per heavy atom. The van der Waals surface area contributed by atoms with E-state index in [2.05, 4.69) is 15.2 Å². The number of aryl methyl sites for hydroxylation is 1. The largest absolute Gasteiger partial charge is 0.490 e. The summed E-state index contributed by atoms with van der Waals surface area (Å²) in [6.45, 7) is 7.04. The van der Waals surface area contributed by atoms with Gasteiger partial charge in [0.05, 0.1) is 9.75 Å². The molecule has 3 aromatic rings. The number of aromatic nitrogens is 2. The van der Waals surface area contributed by atoms with E-state index in [0.717, 1.165) is 44.6 Å². The number of carbonyl (C=O) groups is 1. The van der Waals surface area contributed by atoms with Crippen molar-refractivity contribution in [3.63, 3.8) is 0 Å². The predicted molar refractivity (Wildman–Crippen MR) is 141 cm³/mol. The van der Waals surface area contributed by atoms with Gasteiger partial charge in [0.25, 0.3) is 11.5 Å². The maximum absolute atomic E-state index is 15.2. The van der Waals surface area contributed by atoms with E-state index in [0.29, 0.717) is 22.4 Å². The van der Waals surface area contributed by atoms with Gasteiger partial charge in [0.1, 0.15) is 29.2 Å². The number of alkyl halides is 2. The SMILES string of the molecule is CC(C)NC(=O)c1cc2c(-c3sc(C(F)(F)C(C)(C)O)cc3OCC3CCCN3C)cn(C)c(=O)c2[nH]1. The van der Waals surface area contributed by atoms with Crippen molar-refractivity contribution in [2.24, 2.45) is 7.05 Å². The summed E-state index contributed by atoms with van der Waals surface area (Å²) in [6.07, 6.45) is 3.54. The first kappa shape index (κ1) is 27.3. The van der Waals surface area contributed by atoms with Gasteiger partial charge in [0, 0.05) is 42.3 Å². The standard InChI is InChI=1S/C26H34F2N4O4S/c1-14(2)29-23(33)18-10-16-17(12-32(6)24(34)21(16)30-18)22-19(36-13-15-8-7-9-31(15)5)11-20(37-22)26(27,28)25(3,4)35/h10-12,14-15,30,35H,7-9,13H2,1-6H3,(H,29,33). The van der Waals surface area contributed by atoms with Gasteiger partial charge in [-0.15, -0.1) is 11.3 Å². The summed E-state index contributed by atoms with van der Waals surface area (Å²) in [5.41, 5.74) is -1.78. The smallest absolute Gasteiger partial charge is 0.309 e. The summed E-state index contributed by atoms with van der Waals surface area (Å²) in [7, 11) is 3.57. The number of likely N-dealkylation sites (tertiary alicyclic amines) is 1. The third kappa shape index (κ3) is 5.17. The third-order valence-corrected chi connectivity index (χ3v) is 7.97. The first-order chi connectivity index (χ1) is 17.2. The number of aromatic amines is 1. The summed E-state index contributed by atoms with van der Waals surface area (Å²) in [6, 6.07) is 2.89. The van der Waals surface area contributed by atoms with Crippen molar-refractivity contribution in [1.82, 2.24) is 19.8 Å². The maximum atomic E-state index is 15.2. The van der Waals surface area contributed by atoms with E-state index >= 15 is 8.78 Å². The highest BCUT2D eigenvalue weighted by atomic mass is 32.1. The van der Waals surface area contributed by atoms with Gasteiger partial charge in [-0.3, -0.25) is 9.59 Å². The number of nitrogens with zero attached hydrogens (tertiary/aromatic N) is 2. The van der Waals surface area contributed by atoms with Crippen molar-refractivity contribution in [3.05, 3.63) is 39.3 Å². The number of aliphatic hydroxyl groups is 1. The first-order valence-electron chi connectivity index (χ1n) is 12.3. The average Bonchev–Trinajstić information content (AvgIpc) is 3.52. The number of hydrogen-bond acceptors (Lipinski definition) is 6. The Balaban J connectivity index is 1.87. The van der Waals surface area contributed by atoms with Crippen molar-refractivity contribution in [3.8, 4) is 16.2 Å². The average molecular weight is 537 g/mol. The fraction of sp³-hybridized carbons (Fsp3) is 0.538. The minimum absolute atomic E-state index is 0.112. The first-order valence-corrected chi connectivity index (χ1v) is 13.1. The fourth-order valence-electron chi connectivity index (χ4n) is 4.48. The van der Waals surface area contributed by atoms with E-state index in [9.17, 15) is 14.7 Å². The van der Waals surface area contributed by atoms with Crippen LogP contribution in [0.15, 0.2) is 23.1 Å². The molecule has 1 saturated heterocycles. The van der Waals surface area contributed by atoms with Crippen LogP contribution < -0.4 is 15.6 Å². The van der Waals surface area contributed by atoms with Gasteiger partial charge in [-0.2, -0.15) is 8.78 Å². The Kier molecular flexibility index (Phi) is 7.26. The van der Waals surface area contributed by atoms with Crippen LogP contribution in [-0.4, -0.2) is 63.3 Å². The number of thiophene rings is 1. The number of rotatable bonds is 8. The van der Waals surface area contributed by atoms with E-state index in [-0.39, 0.29) is 45.4 Å². The molecule has 0 spiro atoms. The lowest BCUT2D eigenvalue weighted by molar-refractivity contribution is -0.166. The minimum Gasteiger partial charge on any atom is -0.490 e. The molecule has 1 amide bonds. The van der Waals surface area contributed by atoms with E-state index in [1.807, 2.05) is 20.9 Å². The van der Waals surface area contributed by atoms with Crippen LogP contribution in [0.5, 0.6) is 5.75 Å². The van der Waals surface area contributed by atoms with Crippen molar-refractivity contribution < 1.29 is 23.4 Å². The number of likely N-dealkylation sites (N-methyl/N-ethyl adjacent to an activating group) is 1. The molecule has 202 valence electrons. The van der Waals surface area contributed by atoms with E-state index in [1.54, 1.807) is 19.3 Å². The van der Waals surface area contributed by atoms with Crippen LogP contribution in [0.25, 0.3) is 21.3 Å². The second-order valence-corrected chi connectivity index (χ2v) is 11.6. The molecule has 0 saturated carbocycles. The summed E-state index contributed by atoms with van der Waals surface area (Å²) < 4.78 is 38.0. The number of nitrogens with one attached hydrogen (secondary N) is 2. The molecule has 37 heavy (non-hydrogen) atoms. The zero-order valence-electron chi connectivity index (χ0n) is 21.9. The van der Waals surface area contributed by atoms with E-state index in [1.165, 1.54) is 10.6 Å². The highest BCUT2D eigenvalue weighted by molar-refractivity contribution is 7.16. The monoisotopic (exact) mass is 536 g/mol. The van der Waals surface area contributed by atoms with Crippen LogP contribution >= 0.6 is 11.3 Å². The molecule has 0 aromatic carbocycles. The van der Waals surface area contributed by atoms with E-state index < -0.39 is 11.5 Å². The van der Waals surface area contributed by atoms with Crippen LogP contribution in [0.1, 0.15) is 55.9 Å². The molecule has 8 nitrogen and oxygen atoms in total. The molecule has 1 aliphatic rings. The summed E-state index contributed by atoms with van der Waals surface area (Å²) in [4.78, 5) is 30.7.